The Hall–Kier alpha value is -1.45. The van der Waals surface area contributed by atoms with Crippen molar-refractivity contribution in [1.82, 2.24) is 4.72 Å². The van der Waals surface area contributed by atoms with Crippen LogP contribution in [0.3, 0.4) is 0 Å². The molecule has 108 valence electrons. The molecule has 0 saturated heterocycles. The summed E-state index contributed by atoms with van der Waals surface area (Å²) in [5.41, 5.74) is -0.164. The van der Waals surface area contributed by atoms with E-state index in [2.05, 4.69) is 11.6 Å². The van der Waals surface area contributed by atoms with E-state index in [4.69, 9.17) is 5.26 Å². The second kappa shape index (κ2) is 5.51. The predicted octanol–water partition coefficient (Wildman–Crippen LogP) is 2.56. The van der Waals surface area contributed by atoms with Crippen molar-refractivity contribution in [3.63, 3.8) is 0 Å². The van der Waals surface area contributed by atoms with Crippen LogP contribution in [0.25, 0.3) is 0 Å². The van der Waals surface area contributed by atoms with Crippen LogP contribution in [-0.2, 0) is 10.0 Å². The van der Waals surface area contributed by atoms with Crippen molar-refractivity contribution in [2.75, 3.05) is 6.54 Å². The fraction of sp³-hybridized carbons (Fsp3) is 0.500. The maximum Gasteiger partial charge on any atom is 0.240 e. The smallest absolute Gasteiger partial charge is 0.211 e. The Morgan fingerprint density at radius 1 is 1.45 bits per heavy atom. The van der Waals surface area contributed by atoms with Gasteiger partial charge in [-0.25, -0.2) is 17.5 Å². The van der Waals surface area contributed by atoms with E-state index in [-0.39, 0.29) is 15.9 Å². The van der Waals surface area contributed by atoms with Gasteiger partial charge in [0.25, 0.3) is 0 Å². The minimum Gasteiger partial charge on any atom is -0.211 e. The lowest BCUT2D eigenvalue weighted by atomic mass is 10.0. The molecular weight excluding hydrogens is 279 g/mol. The molecule has 1 aliphatic rings. The molecule has 0 radical (unpaired) electrons. The van der Waals surface area contributed by atoms with Crippen LogP contribution >= 0.6 is 0 Å². The number of sulfonamides is 1. The Labute approximate surface area is 118 Å². The molecule has 0 amide bonds. The first-order chi connectivity index (χ1) is 9.42. The van der Waals surface area contributed by atoms with E-state index < -0.39 is 15.8 Å². The molecule has 0 aromatic heterocycles. The SMILES string of the molecule is CCCC1(CNS(=O)(=O)c2ccc(F)c(C#N)c2)CC1. The van der Waals surface area contributed by atoms with Crippen molar-refractivity contribution >= 4 is 10.0 Å². The maximum atomic E-state index is 13.2. The standard InChI is InChI=1S/C14H17FN2O2S/c1-2-5-14(6-7-14)10-17-20(18,19)12-3-4-13(15)11(8-12)9-16/h3-4,8,17H,2,5-7,10H2,1H3. The zero-order valence-electron chi connectivity index (χ0n) is 11.3. The van der Waals surface area contributed by atoms with E-state index in [1.54, 1.807) is 6.07 Å². The third kappa shape index (κ3) is 3.17. The van der Waals surface area contributed by atoms with Crippen LogP contribution in [-0.4, -0.2) is 15.0 Å². The fourth-order valence-corrected chi connectivity index (χ4v) is 3.49. The van der Waals surface area contributed by atoms with Crippen molar-refractivity contribution in [1.29, 1.82) is 5.26 Å². The molecule has 4 nitrogen and oxygen atoms in total. The molecule has 1 fully saturated rings. The van der Waals surface area contributed by atoms with E-state index in [1.807, 2.05) is 0 Å². The van der Waals surface area contributed by atoms with Crippen molar-refractivity contribution in [2.45, 2.75) is 37.5 Å². The highest BCUT2D eigenvalue weighted by atomic mass is 32.2. The summed E-state index contributed by atoms with van der Waals surface area (Å²) in [4.78, 5) is -0.0669. The summed E-state index contributed by atoms with van der Waals surface area (Å²) in [5.74, 6) is -0.712. The molecule has 0 heterocycles. The lowest BCUT2D eigenvalue weighted by molar-refractivity contribution is 0.449. The highest BCUT2D eigenvalue weighted by Crippen LogP contribution is 2.49. The average molecular weight is 296 g/mol. The lowest BCUT2D eigenvalue weighted by Crippen LogP contribution is -2.30. The number of nitrogens with one attached hydrogen (secondary N) is 1. The Balaban J connectivity index is 2.13. The number of nitriles is 1. The van der Waals surface area contributed by atoms with Crippen molar-refractivity contribution < 1.29 is 12.8 Å². The van der Waals surface area contributed by atoms with Gasteiger partial charge in [0.15, 0.2) is 0 Å². The molecule has 1 aromatic carbocycles. The Morgan fingerprint density at radius 2 is 2.15 bits per heavy atom. The predicted molar refractivity (Wildman–Crippen MR) is 72.9 cm³/mol. The summed E-state index contributed by atoms with van der Waals surface area (Å²) < 4.78 is 40.1. The quantitative estimate of drug-likeness (QED) is 0.877. The van der Waals surface area contributed by atoms with Gasteiger partial charge in [-0.05, 0) is 42.9 Å². The number of rotatable bonds is 6. The Kier molecular flexibility index (Phi) is 4.11. The molecule has 1 saturated carbocycles. The molecule has 0 atom stereocenters. The summed E-state index contributed by atoms with van der Waals surface area (Å²) in [6.07, 6.45) is 4.10. The van der Waals surface area contributed by atoms with E-state index in [0.29, 0.717) is 6.54 Å². The normalized spacial score (nSPS) is 16.6. The number of nitrogens with zero attached hydrogens (tertiary/aromatic N) is 1. The Bertz CT molecular complexity index is 646. The number of hydrogen-bond donors (Lipinski definition) is 1. The first-order valence-electron chi connectivity index (χ1n) is 6.62. The summed E-state index contributed by atoms with van der Waals surface area (Å²) in [7, 11) is -3.69. The van der Waals surface area contributed by atoms with Crippen LogP contribution in [0, 0.1) is 22.6 Å². The summed E-state index contributed by atoms with van der Waals surface area (Å²) >= 11 is 0. The number of benzene rings is 1. The van der Waals surface area contributed by atoms with E-state index in [9.17, 15) is 12.8 Å². The fourth-order valence-electron chi connectivity index (χ4n) is 2.31. The monoisotopic (exact) mass is 296 g/mol. The first kappa shape index (κ1) is 14.9. The summed E-state index contributed by atoms with van der Waals surface area (Å²) in [5, 5.41) is 8.74. The van der Waals surface area contributed by atoms with E-state index in [1.165, 1.54) is 6.07 Å². The van der Waals surface area contributed by atoms with Gasteiger partial charge >= 0.3 is 0 Å². The van der Waals surface area contributed by atoms with Gasteiger partial charge in [-0.2, -0.15) is 5.26 Å². The van der Waals surface area contributed by atoms with Gasteiger partial charge in [0.05, 0.1) is 10.5 Å². The molecule has 20 heavy (non-hydrogen) atoms. The Morgan fingerprint density at radius 3 is 2.70 bits per heavy atom. The molecule has 2 rings (SSSR count). The minimum absolute atomic E-state index is 0.0669. The molecule has 0 bridgehead atoms. The van der Waals surface area contributed by atoms with Crippen molar-refractivity contribution in [3.8, 4) is 6.07 Å². The highest BCUT2D eigenvalue weighted by molar-refractivity contribution is 7.89. The number of halogens is 1. The van der Waals surface area contributed by atoms with Gasteiger partial charge in [0, 0.05) is 6.54 Å². The summed E-state index contributed by atoms with van der Waals surface area (Å²) in [6, 6.07) is 4.90. The topological polar surface area (TPSA) is 70.0 Å². The second-order valence-corrected chi connectivity index (χ2v) is 7.09. The molecular formula is C14H17FN2O2S. The van der Waals surface area contributed by atoms with Gasteiger partial charge in [-0.15, -0.1) is 0 Å². The maximum absolute atomic E-state index is 13.2. The second-order valence-electron chi connectivity index (χ2n) is 5.33. The number of hydrogen-bond acceptors (Lipinski definition) is 3. The van der Waals surface area contributed by atoms with Gasteiger partial charge in [0.2, 0.25) is 10.0 Å². The molecule has 0 aliphatic heterocycles. The van der Waals surface area contributed by atoms with Crippen LogP contribution in [0.5, 0.6) is 0 Å². The average Bonchev–Trinajstić information content (AvgIpc) is 3.18. The van der Waals surface area contributed by atoms with E-state index >= 15 is 0 Å². The molecule has 0 unspecified atom stereocenters. The molecule has 1 aliphatic carbocycles. The third-order valence-corrected chi connectivity index (χ3v) is 5.14. The van der Waals surface area contributed by atoms with Gasteiger partial charge in [-0.1, -0.05) is 13.3 Å². The summed E-state index contributed by atoms with van der Waals surface area (Å²) in [6.45, 7) is 2.48. The van der Waals surface area contributed by atoms with Crippen LogP contribution in [0.2, 0.25) is 0 Å². The third-order valence-electron chi connectivity index (χ3n) is 3.74. The van der Waals surface area contributed by atoms with E-state index in [0.717, 1.165) is 37.8 Å². The van der Waals surface area contributed by atoms with Crippen LogP contribution in [0.1, 0.15) is 38.2 Å². The van der Waals surface area contributed by atoms with Crippen LogP contribution in [0.15, 0.2) is 23.1 Å². The molecule has 0 spiro atoms. The van der Waals surface area contributed by atoms with Crippen LogP contribution in [0.4, 0.5) is 4.39 Å². The highest BCUT2D eigenvalue weighted by Gasteiger charge is 2.42. The zero-order valence-corrected chi connectivity index (χ0v) is 12.1. The molecule has 1 N–H and O–H groups in total. The molecule has 1 aromatic rings. The van der Waals surface area contributed by atoms with Crippen molar-refractivity contribution in [3.05, 3.63) is 29.6 Å². The minimum atomic E-state index is -3.69. The van der Waals surface area contributed by atoms with Crippen LogP contribution < -0.4 is 4.72 Å². The lowest BCUT2D eigenvalue weighted by Gasteiger charge is -2.15. The van der Waals surface area contributed by atoms with Gasteiger partial charge < -0.3 is 0 Å². The largest absolute Gasteiger partial charge is 0.240 e. The van der Waals surface area contributed by atoms with Gasteiger partial charge in [0.1, 0.15) is 11.9 Å². The first-order valence-corrected chi connectivity index (χ1v) is 8.10. The molecule has 6 heteroatoms. The van der Waals surface area contributed by atoms with Crippen molar-refractivity contribution in [2.24, 2.45) is 5.41 Å². The van der Waals surface area contributed by atoms with Gasteiger partial charge in [-0.3, -0.25) is 0 Å². The zero-order chi connectivity index (χ0) is 14.8.